The number of benzene rings is 1. The van der Waals surface area contributed by atoms with Gasteiger partial charge in [-0.3, -0.25) is 4.79 Å². The summed E-state index contributed by atoms with van der Waals surface area (Å²) in [5.41, 5.74) is -0.315. The number of hydrogen-bond acceptors (Lipinski definition) is 6. The molecule has 8 nitrogen and oxygen atoms in total. The second-order valence-electron chi connectivity index (χ2n) is 8.21. The summed E-state index contributed by atoms with van der Waals surface area (Å²) in [6.07, 6.45) is 3.37. The molecule has 1 aliphatic carbocycles. The van der Waals surface area contributed by atoms with E-state index in [2.05, 4.69) is 5.32 Å². The highest BCUT2D eigenvalue weighted by molar-refractivity contribution is 5.81. The number of esters is 1. The Hall–Kier alpha value is -2.32. The zero-order valence-electron chi connectivity index (χ0n) is 17.6. The van der Waals surface area contributed by atoms with Gasteiger partial charge in [0.15, 0.2) is 0 Å². The summed E-state index contributed by atoms with van der Waals surface area (Å²) in [4.78, 5) is 25.7. The Morgan fingerprint density at radius 2 is 1.83 bits per heavy atom. The molecule has 1 aromatic rings. The summed E-state index contributed by atoms with van der Waals surface area (Å²) in [5.74, 6) is 0.928. The lowest BCUT2D eigenvalue weighted by molar-refractivity contribution is -0.139. The predicted octanol–water partition coefficient (Wildman–Crippen LogP) is 2.34. The molecule has 166 valence electrons. The average molecular weight is 421 g/mol. The number of amides is 2. The van der Waals surface area contributed by atoms with Crippen LogP contribution >= 0.6 is 0 Å². The highest BCUT2D eigenvalue weighted by atomic mass is 16.5. The van der Waals surface area contributed by atoms with E-state index in [-0.39, 0.29) is 24.0 Å². The van der Waals surface area contributed by atoms with Gasteiger partial charge in [-0.15, -0.1) is 0 Å². The molecule has 1 atom stereocenters. The quantitative estimate of drug-likeness (QED) is 0.343. The Bertz CT molecular complexity index is 698. The van der Waals surface area contributed by atoms with E-state index in [1.807, 2.05) is 6.92 Å². The molecule has 1 saturated carbocycles. The topological polar surface area (TPSA) is 97.3 Å². The van der Waals surface area contributed by atoms with Gasteiger partial charge in [0, 0.05) is 19.6 Å². The minimum atomic E-state index is -0.577. The monoisotopic (exact) mass is 420 g/mol. The molecule has 0 aromatic heterocycles. The molecule has 3 rings (SSSR count). The van der Waals surface area contributed by atoms with Crippen LogP contribution in [0.4, 0.5) is 4.79 Å². The molecule has 0 unspecified atom stereocenters. The summed E-state index contributed by atoms with van der Waals surface area (Å²) in [6, 6.07) is 6.80. The van der Waals surface area contributed by atoms with E-state index in [0.717, 1.165) is 25.7 Å². The summed E-state index contributed by atoms with van der Waals surface area (Å²) >= 11 is 0. The number of nitrogens with one attached hydrogen (secondary N) is 1. The van der Waals surface area contributed by atoms with Crippen LogP contribution in [0, 0.1) is 5.41 Å². The van der Waals surface area contributed by atoms with Crippen LogP contribution in [-0.4, -0.2) is 67.6 Å². The number of urea groups is 1. The maximum atomic E-state index is 12.0. The zero-order chi connectivity index (χ0) is 21.4. The molecule has 0 spiro atoms. The SMILES string of the molecule is CC1(C(=O)Oc2ccc(OC[C@@H](O)CCCCNC(=O)N3CCOCC3)cc2)CC1. The molecule has 1 aliphatic heterocycles. The summed E-state index contributed by atoms with van der Waals surface area (Å²) in [7, 11) is 0. The van der Waals surface area contributed by atoms with E-state index in [1.165, 1.54) is 0 Å². The van der Waals surface area contributed by atoms with Gasteiger partial charge in [-0.2, -0.15) is 0 Å². The Morgan fingerprint density at radius 1 is 1.17 bits per heavy atom. The molecular formula is C22H32N2O6. The van der Waals surface area contributed by atoms with E-state index < -0.39 is 6.10 Å². The maximum absolute atomic E-state index is 12.0. The molecule has 1 heterocycles. The zero-order valence-corrected chi connectivity index (χ0v) is 17.6. The number of ether oxygens (including phenoxy) is 3. The van der Waals surface area contributed by atoms with Gasteiger partial charge < -0.3 is 29.5 Å². The smallest absolute Gasteiger partial charge is 0.317 e. The number of aliphatic hydroxyl groups is 1. The number of hydrogen-bond donors (Lipinski definition) is 2. The molecule has 2 amide bonds. The first-order valence-corrected chi connectivity index (χ1v) is 10.7. The van der Waals surface area contributed by atoms with Crippen molar-refractivity contribution in [3.05, 3.63) is 24.3 Å². The molecule has 0 radical (unpaired) electrons. The largest absolute Gasteiger partial charge is 0.491 e. The van der Waals surface area contributed by atoms with Gasteiger partial charge in [0.1, 0.15) is 18.1 Å². The van der Waals surface area contributed by atoms with Crippen molar-refractivity contribution < 1.29 is 28.9 Å². The number of aliphatic hydroxyl groups excluding tert-OH is 1. The van der Waals surface area contributed by atoms with E-state index in [0.29, 0.717) is 50.8 Å². The highest BCUT2D eigenvalue weighted by Gasteiger charge is 2.46. The second kappa shape index (κ2) is 10.6. The van der Waals surface area contributed by atoms with Gasteiger partial charge in [-0.25, -0.2) is 4.79 Å². The van der Waals surface area contributed by atoms with Crippen LogP contribution in [0.2, 0.25) is 0 Å². The van der Waals surface area contributed by atoms with Crippen molar-refractivity contribution in [1.82, 2.24) is 10.2 Å². The summed E-state index contributed by atoms with van der Waals surface area (Å²) < 4.78 is 16.2. The lowest BCUT2D eigenvalue weighted by Gasteiger charge is -2.26. The van der Waals surface area contributed by atoms with Crippen molar-refractivity contribution in [1.29, 1.82) is 0 Å². The minimum absolute atomic E-state index is 0.0532. The van der Waals surface area contributed by atoms with Crippen molar-refractivity contribution in [3.8, 4) is 11.5 Å². The van der Waals surface area contributed by atoms with Crippen LogP contribution in [0.1, 0.15) is 39.0 Å². The molecule has 30 heavy (non-hydrogen) atoms. The van der Waals surface area contributed by atoms with E-state index in [4.69, 9.17) is 14.2 Å². The third kappa shape index (κ3) is 6.88. The Labute approximate surface area is 177 Å². The standard InChI is InChI=1S/C22H32N2O6/c1-22(9-10-22)20(26)30-19-7-5-18(6-8-19)29-16-17(25)4-2-3-11-23-21(27)24-12-14-28-15-13-24/h5-8,17,25H,2-4,9-16H2,1H3,(H,23,27)/t17-/m0/s1. The molecule has 1 aromatic carbocycles. The van der Waals surface area contributed by atoms with Crippen molar-refractivity contribution in [2.45, 2.75) is 45.1 Å². The van der Waals surface area contributed by atoms with Crippen molar-refractivity contribution in [3.63, 3.8) is 0 Å². The molecule has 8 heteroatoms. The molecular weight excluding hydrogens is 388 g/mol. The fourth-order valence-corrected chi connectivity index (χ4v) is 3.08. The number of rotatable bonds is 10. The van der Waals surface area contributed by atoms with Crippen molar-refractivity contribution >= 4 is 12.0 Å². The van der Waals surface area contributed by atoms with Gasteiger partial charge >= 0.3 is 12.0 Å². The van der Waals surface area contributed by atoms with Gasteiger partial charge in [0.2, 0.25) is 0 Å². The normalized spacial score (nSPS) is 18.4. The van der Waals surface area contributed by atoms with E-state index in [1.54, 1.807) is 29.2 Å². The number of carbonyl (C=O) groups excluding carboxylic acids is 2. The van der Waals surface area contributed by atoms with Crippen LogP contribution < -0.4 is 14.8 Å². The Morgan fingerprint density at radius 3 is 2.50 bits per heavy atom. The Balaban J connectivity index is 1.25. The maximum Gasteiger partial charge on any atom is 0.317 e. The summed E-state index contributed by atoms with van der Waals surface area (Å²) in [5, 5.41) is 13.0. The van der Waals surface area contributed by atoms with Crippen LogP contribution in [0.25, 0.3) is 0 Å². The van der Waals surface area contributed by atoms with Gasteiger partial charge in [0.05, 0.1) is 24.7 Å². The van der Waals surface area contributed by atoms with Gasteiger partial charge in [-0.1, -0.05) is 0 Å². The average Bonchev–Trinajstić information content (AvgIpc) is 3.52. The third-order valence-corrected chi connectivity index (χ3v) is 5.51. The first-order valence-electron chi connectivity index (χ1n) is 10.7. The Kier molecular flexibility index (Phi) is 7.93. The fraction of sp³-hybridized carbons (Fsp3) is 0.636. The van der Waals surface area contributed by atoms with Gasteiger partial charge in [-0.05, 0) is 63.3 Å². The van der Waals surface area contributed by atoms with Gasteiger partial charge in [0.25, 0.3) is 0 Å². The number of unbranched alkanes of at least 4 members (excludes halogenated alkanes) is 1. The number of carbonyl (C=O) groups is 2. The van der Waals surface area contributed by atoms with Crippen LogP contribution in [0.5, 0.6) is 11.5 Å². The molecule has 2 aliphatic rings. The van der Waals surface area contributed by atoms with Crippen molar-refractivity contribution in [2.24, 2.45) is 5.41 Å². The van der Waals surface area contributed by atoms with Crippen LogP contribution in [0.15, 0.2) is 24.3 Å². The molecule has 0 bridgehead atoms. The fourth-order valence-electron chi connectivity index (χ4n) is 3.08. The number of nitrogens with zero attached hydrogens (tertiary/aromatic N) is 1. The third-order valence-electron chi connectivity index (χ3n) is 5.51. The van der Waals surface area contributed by atoms with Crippen LogP contribution in [0.3, 0.4) is 0 Å². The second-order valence-corrected chi connectivity index (χ2v) is 8.21. The predicted molar refractivity (Wildman–Crippen MR) is 111 cm³/mol. The number of morpholine rings is 1. The minimum Gasteiger partial charge on any atom is -0.491 e. The summed E-state index contributed by atoms with van der Waals surface area (Å²) in [6.45, 7) is 5.13. The van der Waals surface area contributed by atoms with E-state index >= 15 is 0 Å². The lowest BCUT2D eigenvalue weighted by Crippen LogP contribution is -2.46. The molecule has 2 N–H and O–H groups in total. The first kappa shape index (κ1) is 22.4. The molecule has 2 fully saturated rings. The van der Waals surface area contributed by atoms with E-state index in [9.17, 15) is 14.7 Å². The molecule has 1 saturated heterocycles. The highest BCUT2D eigenvalue weighted by Crippen LogP contribution is 2.46. The first-order chi connectivity index (χ1) is 14.5. The van der Waals surface area contributed by atoms with Crippen molar-refractivity contribution in [2.75, 3.05) is 39.5 Å². The lowest BCUT2D eigenvalue weighted by atomic mass is 10.1. The van der Waals surface area contributed by atoms with Crippen LogP contribution in [-0.2, 0) is 9.53 Å².